The molecule has 0 aliphatic rings. The molecule has 19 heavy (non-hydrogen) atoms. The van der Waals surface area contributed by atoms with Crippen molar-refractivity contribution in [2.45, 2.75) is 25.9 Å². The van der Waals surface area contributed by atoms with Gasteiger partial charge in [0.2, 0.25) is 0 Å². The fraction of sp³-hybridized carbons (Fsp3) is 0.267. The second-order valence-electron chi connectivity index (χ2n) is 4.58. The van der Waals surface area contributed by atoms with Crippen LogP contribution >= 0.6 is 0 Å². The predicted octanol–water partition coefficient (Wildman–Crippen LogP) is 2.76. The Labute approximate surface area is 111 Å². The summed E-state index contributed by atoms with van der Waals surface area (Å²) in [4.78, 5) is 4.00. The highest BCUT2D eigenvalue weighted by molar-refractivity contribution is 5.52. The van der Waals surface area contributed by atoms with Gasteiger partial charge in [-0.1, -0.05) is 25.1 Å². The van der Waals surface area contributed by atoms with Gasteiger partial charge in [-0.3, -0.25) is 0 Å². The van der Waals surface area contributed by atoms with Crippen LogP contribution in [0.1, 0.15) is 30.0 Å². The third kappa shape index (κ3) is 2.19. The summed E-state index contributed by atoms with van der Waals surface area (Å²) in [5.41, 5.74) is 5.90. The monoisotopic (exact) mass is 260 g/mol. The zero-order chi connectivity index (χ0) is 14.0. The predicted molar refractivity (Wildman–Crippen MR) is 73.1 cm³/mol. The minimum atomic E-state index is -1.46. The van der Waals surface area contributed by atoms with E-state index in [1.54, 1.807) is 37.4 Å². The minimum absolute atomic E-state index is 0.223. The van der Waals surface area contributed by atoms with Gasteiger partial charge in [-0.2, -0.15) is 0 Å². The molecule has 100 valence electrons. The Balaban J connectivity index is 2.71. The first kappa shape index (κ1) is 13.5. The summed E-state index contributed by atoms with van der Waals surface area (Å²) in [6, 6.07) is 7.95. The second-order valence-corrected chi connectivity index (χ2v) is 4.58. The van der Waals surface area contributed by atoms with E-state index >= 15 is 0 Å². The number of aryl methyl sites for hydroxylation is 1. The van der Waals surface area contributed by atoms with E-state index in [1.807, 2.05) is 6.92 Å². The van der Waals surface area contributed by atoms with E-state index in [4.69, 9.17) is 5.73 Å². The number of hydrogen-bond acceptors (Lipinski definition) is 3. The van der Waals surface area contributed by atoms with Gasteiger partial charge in [0.25, 0.3) is 0 Å². The Morgan fingerprint density at radius 2 is 2.00 bits per heavy atom. The molecule has 0 aliphatic carbocycles. The molecule has 0 fully saturated rings. The van der Waals surface area contributed by atoms with Crippen LogP contribution in [0.2, 0.25) is 0 Å². The van der Waals surface area contributed by atoms with Crippen LogP contribution in [0.5, 0.6) is 0 Å². The van der Waals surface area contributed by atoms with Crippen molar-refractivity contribution < 1.29 is 9.50 Å². The molecule has 3 N–H and O–H groups in total. The highest BCUT2D eigenvalue weighted by atomic mass is 19.1. The van der Waals surface area contributed by atoms with Crippen LogP contribution in [-0.2, 0) is 5.60 Å². The second kappa shape index (κ2) is 4.97. The van der Waals surface area contributed by atoms with Gasteiger partial charge in [0.05, 0.1) is 0 Å². The van der Waals surface area contributed by atoms with E-state index in [-0.39, 0.29) is 11.4 Å². The summed E-state index contributed by atoms with van der Waals surface area (Å²) in [6.45, 7) is 3.62. The number of aromatic nitrogens is 1. The van der Waals surface area contributed by atoms with Gasteiger partial charge in [0.15, 0.2) is 0 Å². The molecule has 2 aromatic rings. The molecule has 4 heteroatoms. The standard InChI is InChI=1S/C15H17FN2O/c1-3-15(19,11-6-4-5-7-12(11)16)13-10(2)8-9-18-14(13)17/h4-9,19H,3H2,1-2H3,(H2,17,18). The number of halogens is 1. The Kier molecular flexibility index (Phi) is 3.53. The summed E-state index contributed by atoms with van der Waals surface area (Å²) in [7, 11) is 0. The summed E-state index contributed by atoms with van der Waals surface area (Å²) in [5, 5.41) is 10.9. The molecule has 0 aliphatic heterocycles. The van der Waals surface area contributed by atoms with E-state index < -0.39 is 11.4 Å². The summed E-state index contributed by atoms with van der Waals surface area (Å²) in [5.74, 6) is -0.220. The summed E-state index contributed by atoms with van der Waals surface area (Å²) >= 11 is 0. The molecule has 0 amide bonds. The third-order valence-electron chi connectivity index (χ3n) is 3.43. The topological polar surface area (TPSA) is 59.1 Å². The number of rotatable bonds is 3. The number of nitrogen functional groups attached to an aromatic ring is 1. The van der Waals surface area contributed by atoms with Gasteiger partial charge in [0, 0.05) is 17.3 Å². The Morgan fingerprint density at radius 1 is 1.32 bits per heavy atom. The van der Waals surface area contributed by atoms with Crippen LogP contribution in [0.25, 0.3) is 0 Å². The van der Waals surface area contributed by atoms with Gasteiger partial charge in [0.1, 0.15) is 17.2 Å². The van der Waals surface area contributed by atoms with Crippen LogP contribution in [0.15, 0.2) is 36.5 Å². The highest BCUT2D eigenvalue weighted by Gasteiger charge is 2.35. The third-order valence-corrected chi connectivity index (χ3v) is 3.43. The highest BCUT2D eigenvalue weighted by Crippen LogP contribution is 2.38. The molecular formula is C15H17FN2O. The molecule has 1 aromatic heterocycles. The van der Waals surface area contributed by atoms with E-state index in [1.165, 1.54) is 6.07 Å². The maximum absolute atomic E-state index is 14.0. The SMILES string of the molecule is CCC(O)(c1ccccc1F)c1c(C)ccnc1N. The van der Waals surface area contributed by atoms with Crippen LogP contribution in [0.4, 0.5) is 10.2 Å². The molecule has 0 saturated heterocycles. The fourth-order valence-electron chi connectivity index (χ4n) is 2.42. The van der Waals surface area contributed by atoms with Crippen molar-refractivity contribution in [3.8, 4) is 0 Å². The molecule has 1 unspecified atom stereocenters. The van der Waals surface area contributed by atoms with E-state index in [0.717, 1.165) is 5.56 Å². The number of aliphatic hydroxyl groups is 1. The molecule has 1 atom stereocenters. The molecule has 0 saturated carbocycles. The minimum Gasteiger partial charge on any atom is -0.383 e. The zero-order valence-corrected chi connectivity index (χ0v) is 11.0. The van der Waals surface area contributed by atoms with E-state index in [9.17, 15) is 9.50 Å². The van der Waals surface area contributed by atoms with Crippen molar-refractivity contribution >= 4 is 5.82 Å². The first-order valence-corrected chi connectivity index (χ1v) is 6.19. The molecule has 1 heterocycles. The molecule has 0 bridgehead atoms. The largest absolute Gasteiger partial charge is 0.383 e. The van der Waals surface area contributed by atoms with Crippen molar-refractivity contribution in [1.29, 1.82) is 0 Å². The summed E-state index contributed by atoms with van der Waals surface area (Å²) < 4.78 is 14.0. The Morgan fingerprint density at radius 3 is 2.58 bits per heavy atom. The van der Waals surface area contributed by atoms with Crippen molar-refractivity contribution in [3.63, 3.8) is 0 Å². The fourth-order valence-corrected chi connectivity index (χ4v) is 2.42. The molecule has 2 rings (SSSR count). The lowest BCUT2D eigenvalue weighted by atomic mass is 9.82. The first-order valence-electron chi connectivity index (χ1n) is 6.19. The Hall–Kier alpha value is -1.94. The van der Waals surface area contributed by atoms with Crippen LogP contribution in [0.3, 0.4) is 0 Å². The van der Waals surface area contributed by atoms with Crippen molar-refractivity contribution in [2.75, 3.05) is 5.73 Å². The smallest absolute Gasteiger partial charge is 0.130 e. The first-order chi connectivity index (χ1) is 9.00. The van der Waals surface area contributed by atoms with Crippen LogP contribution in [-0.4, -0.2) is 10.1 Å². The number of benzene rings is 1. The van der Waals surface area contributed by atoms with Gasteiger partial charge in [-0.15, -0.1) is 0 Å². The van der Waals surface area contributed by atoms with Gasteiger partial charge in [-0.05, 0) is 31.0 Å². The van der Waals surface area contributed by atoms with Crippen LogP contribution in [0, 0.1) is 12.7 Å². The number of nitrogens with two attached hydrogens (primary N) is 1. The molecule has 1 aromatic carbocycles. The van der Waals surface area contributed by atoms with E-state index in [2.05, 4.69) is 4.98 Å². The molecule has 0 spiro atoms. The lowest BCUT2D eigenvalue weighted by Gasteiger charge is -2.30. The van der Waals surface area contributed by atoms with Crippen LogP contribution < -0.4 is 5.73 Å². The van der Waals surface area contributed by atoms with E-state index in [0.29, 0.717) is 12.0 Å². The van der Waals surface area contributed by atoms with Crippen molar-refractivity contribution in [3.05, 3.63) is 59.0 Å². The normalized spacial score (nSPS) is 14.1. The lowest BCUT2D eigenvalue weighted by molar-refractivity contribution is 0.0724. The van der Waals surface area contributed by atoms with Crippen molar-refractivity contribution in [1.82, 2.24) is 4.98 Å². The van der Waals surface area contributed by atoms with Gasteiger partial charge < -0.3 is 10.8 Å². The quantitative estimate of drug-likeness (QED) is 0.892. The molecule has 0 radical (unpaired) electrons. The average Bonchev–Trinajstić information content (AvgIpc) is 2.38. The average molecular weight is 260 g/mol. The van der Waals surface area contributed by atoms with Gasteiger partial charge >= 0.3 is 0 Å². The zero-order valence-electron chi connectivity index (χ0n) is 11.0. The molecular weight excluding hydrogens is 243 g/mol. The number of nitrogens with zero attached hydrogens (tertiary/aromatic N) is 1. The summed E-state index contributed by atoms with van der Waals surface area (Å²) in [6.07, 6.45) is 1.89. The maximum atomic E-state index is 14.0. The van der Waals surface area contributed by atoms with Crippen molar-refractivity contribution in [2.24, 2.45) is 0 Å². The van der Waals surface area contributed by atoms with Gasteiger partial charge in [-0.25, -0.2) is 9.37 Å². The molecule has 3 nitrogen and oxygen atoms in total. The Bertz CT molecular complexity index is 580. The maximum Gasteiger partial charge on any atom is 0.130 e. The number of pyridine rings is 1. The number of hydrogen-bond donors (Lipinski definition) is 2. The lowest BCUT2D eigenvalue weighted by Crippen LogP contribution is -2.30. The number of anilines is 1.